The Morgan fingerprint density at radius 3 is 1.48 bits per heavy atom. The van der Waals surface area contributed by atoms with Crippen LogP contribution in [0.1, 0.15) is 0 Å². The molecule has 0 saturated carbocycles. The topological polar surface area (TPSA) is 18.1 Å². The first-order chi connectivity index (χ1) is 27.7. The molecule has 11 rings (SSSR count). The smallest absolute Gasteiger partial charge is 0.136 e. The van der Waals surface area contributed by atoms with E-state index >= 15 is 0 Å². The summed E-state index contributed by atoms with van der Waals surface area (Å²) in [5.41, 5.74) is 17.3. The summed E-state index contributed by atoms with van der Waals surface area (Å²) in [7, 11) is 0. The molecule has 0 unspecified atom stereocenters. The van der Waals surface area contributed by atoms with Crippen LogP contribution in [0.2, 0.25) is 0 Å². The largest absolute Gasteiger partial charge is 0.456 e. The van der Waals surface area contributed by atoms with E-state index < -0.39 is 0 Å². The second kappa shape index (κ2) is 13.2. The fourth-order valence-electron chi connectivity index (χ4n) is 8.48. The Balaban J connectivity index is 0.962. The van der Waals surface area contributed by atoms with Gasteiger partial charge in [0.05, 0.1) is 11.0 Å². The second-order valence-electron chi connectivity index (χ2n) is 14.5. The molecule has 11 aromatic rings. The van der Waals surface area contributed by atoms with Crippen LogP contribution < -0.4 is 0 Å². The highest BCUT2D eigenvalue weighted by Crippen LogP contribution is 2.40. The highest BCUT2D eigenvalue weighted by atomic mass is 16.3. The number of furan rings is 1. The van der Waals surface area contributed by atoms with Crippen LogP contribution in [0.15, 0.2) is 217 Å². The first kappa shape index (κ1) is 32.0. The lowest BCUT2D eigenvalue weighted by Gasteiger charge is -2.12. The molecule has 262 valence electrons. The third-order valence-electron chi connectivity index (χ3n) is 11.2. The summed E-state index contributed by atoms with van der Waals surface area (Å²) < 4.78 is 8.56. The van der Waals surface area contributed by atoms with Crippen molar-refractivity contribution in [3.05, 3.63) is 212 Å². The minimum atomic E-state index is 0.916. The van der Waals surface area contributed by atoms with Crippen LogP contribution in [0, 0.1) is 0 Å². The van der Waals surface area contributed by atoms with E-state index in [2.05, 4.69) is 205 Å². The molecule has 2 nitrogen and oxygen atoms in total. The molecule has 2 aromatic heterocycles. The number of hydrogen-bond acceptors (Lipinski definition) is 1. The summed E-state index contributed by atoms with van der Waals surface area (Å²) in [4.78, 5) is 0. The van der Waals surface area contributed by atoms with E-state index in [1.165, 1.54) is 77.4 Å². The number of rotatable bonds is 6. The zero-order chi connectivity index (χ0) is 37.0. The number of fused-ring (bicyclic) bond motifs is 6. The van der Waals surface area contributed by atoms with Gasteiger partial charge in [-0.05, 0) is 116 Å². The Kier molecular flexibility index (Phi) is 7.53. The van der Waals surface area contributed by atoms with Crippen molar-refractivity contribution in [3.63, 3.8) is 0 Å². The van der Waals surface area contributed by atoms with Gasteiger partial charge in [0.1, 0.15) is 11.2 Å². The molecule has 0 saturated heterocycles. The number of nitrogens with zero attached hydrogens (tertiary/aromatic N) is 1. The minimum absolute atomic E-state index is 0.916. The van der Waals surface area contributed by atoms with Crippen molar-refractivity contribution < 1.29 is 4.42 Å². The van der Waals surface area contributed by atoms with Gasteiger partial charge in [-0.2, -0.15) is 0 Å². The van der Waals surface area contributed by atoms with Crippen molar-refractivity contribution in [2.75, 3.05) is 0 Å². The molecule has 2 heteroatoms. The SMILES string of the molecule is c1ccc(-c2cc(-c3ccccc3)cc(-c3ccc4c(c3)c3ccccc3n4-c3ccc(-c4ccc(-c5cccc6oc7ccccc7c56)cc4)cc3)c2)cc1. The van der Waals surface area contributed by atoms with Crippen LogP contribution in [-0.4, -0.2) is 4.57 Å². The molecular formula is C54H35NO. The van der Waals surface area contributed by atoms with Gasteiger partial charge in [0.25, 0.3) is 0 Å². The van der Waals surface area contributed by atoms with Crippen molar-refractivity contribution in [2.24, 2.45) is 0 Å². The van der Waals surface area contributed by atoms with Gasteiger partial charge in [-0.1, -0.05) is 152 Å². The lowest BCUT2D eigenvalue weighted by molar-refractivity contribution is 0.669. The first-order valence-electron chi connectivity index (χ1n) is 19.2. The average molecular weight is 714 g/mol. The third kappa shape index (κ3) is 5.42. The number of benzene rings is 9. The molecule has 0 atom stereocenters. The van der Waals surface area contributed by atoms with E-state index in [4.69, 9.17) is 4.42 Å². The van der Waals surface area contributed by atoms with E-state index in [1.807, 2.05) is 12.1 Å². The predicted octanol–water partition coefficient (Wildman–Crippen LogP) is 15.0. The van der Waals surface area contributed by atoms with Gasteiger partial charge in [-0.3, -0.25) is 0 Å². The lowest BCUT2D eigenvalue weighted by Crippen LogP contribution is -1.94. The van der Waals surface area contributed by atoms with Crippen LogP contribution in [-0.2, 0) is 0 Å². The third-order valence-corrected chi connectivity index (χ3v) is 11.2. The molecule has 0 fully saturated rings. The van der Waals surface area contributed by atoms with Gasteiger partial charge < -0.3 is 8.98 Å². The number of para-hydroxylation sites is 2. The second-order valence-corrected chi connectivity index (χ2v) is 14.5. The number of aromatic nitrogens is 1. The molecule has 0 aliphatic carbocycles. The summed E-state index contributed by atoms with van der Waals surface area (Å²) >= 11 is 0. The van der Waals surface area contributed by atoms with Gasteiger partial charge >= 0.3 is 0 Å². The van der Waals surface area contributed by atoms with Crippen LogP contribution in [0.3, 0.4) is 0 Å². The summed E-state index contributed by atoms with van der Waals surface area (Å²) in [6.07, 6.45) is 0. The number of hydrogen-bond donors (Lipinski definition) is 0. The molecule has 0 bridgehead atoms. The Morgan fingerprint density at radius 2 is 0.786 bits per heavy atom. The Hall–Kier alpha value is -7.42. The van der Waals surface area contributed by atoms with Gasteiger partial charge in [0.2, 0.25) is 0 Å². The zero-order valence-corrected chi connectivity index (χ0v) is 30.6. The summed E-state index contributed by atoms with van der Waals surface area (Å²) in [6, 6.07) is 76.5. The van der Waals surface area contributed by atoms with E-state index in [0.29, 0.717) is 0 Å². The molecule has 0 spiro atoms. The fraction of sp³-hybridized carbons (Fsp3) is 0. The Labute approximate surface area is 325 Å². The van der Waals surface area contributed by atoms with Gasteiger partial charge in [0.15, 0.2) is 0 Å². The maximum atomic E-state index is 6.17. The van der Waals surface area contributed by atoms with Crippen molar-refractivity contribution in [2.45, 2.75) is 0 Å². The molecule has 0 radical (unpaired) electrons. The average Bonchev–Trinajstić information content (AvgIpc) is 3.83. The van der Waals surface area contributed by atoms with Crippen molar-refractivity contribution in [1.82, 2.24) is 4.57 Å². The van der Waals surface area contributed by atoms with Gasteiger partial charge in [0, 0.05) is 27.2 Å². The van der Waals surface area contributed by atoms with E-state index in [1.54, 1.807) is 0 Å². The van der Waals surface area contributed by atoms with Gasteiger partial charge in [-0.25, -0.2) is 0 Å². The minimum Gasteiger partial charge on any atom is -0.456 e. The van der Waals surface area contributed by atoms with Crippen molar-refractivity contribution >= 4 is 43.7 Å². The van der Waals surface area contributed by atoms with E-state index in [-0.39, 0.29) is 0 Å². The van der Waals surface area contributed by atoms with Crippen LogP contribution in [0.4, 0.5) is 0 Å². The maximum absolute atomic E-state index is 6.17. The molecule has 2 heterocycles. The Bertz CT molecular complexity index is 3150. The van der Waals surface area contributed by atoms with E-state index in [0.717, 1.165) is 27.6 Å². The normalized spacial score (nSPS) is 11.6. The van der Waals surface area contributed by atoms with E-state index in [9.17, 15) is 0 Å². The summed E-state index contributed by atoms with van der Waals surface area (Å²) in [5.74, 6) is 0. The molecule has 0 aliphatic heterocycles. The predicted molar refractivity (Wildman–Crippen MR) is 235 cm³/mol. The zero-order valence-electron chi connectivity index (χ0n) is 30.6. The summed E-state index contributed by atoms with van der Waals surface area (Å²) in [6.45, 7) is 0. The Morgan fingerprint density at radius 1 is 0.286 bits per heavy atom. The molecule has 9 aromatic carbocycles. The standard InChI is InChI=1S/C54H35NO/c1-3-12-36(13-4-1)42-32-43(37-14-5-2-6-15-37)34-44(33-42)41-28-31-51-49(35-41)47-16-7-9-19-50(47)55(51)45-29-26-39(27-30-45)38-22-24-40(25-23-38)46-18-11-21-53-54(46)48-17-8-10-20-52(48)56-53/h1-35H. The van der Waals surface area contributed by atoms with Crippen molar-refractivity contribution in [1.29, 1.82) is 0 Å². The van der Waals surface area contributed by atoms with Gasteiger partial charge in [-0.15, -0.1) is 0 Å². The quantitative estimate of drug-likeness (QED) is 0.168. The molecule has 0 N–H and O–H groups in total. The molecule has 0 amide bonds. The molecule has 56 heavy (non-hydrogen) atoms. The maximum Gasteiger partial charge on any atom is 0.136 e. The molecular weight excluding hydrogens is 679 g/mol. The fourth-order valence-corrected chi connectivity index (χ4v) is 8.48. The van der Waals surface area contributed by atoms with Crippen LogP contribution >= 0.6 is 0 Å². The highest BCUT2D eigenvalue weighted by Gasteiger charge is 2.16. The first-order valence-corrected chi connectivity index (χ1v) is 19.2. The highest BCUT2D eigenvalue weighted by molar-refractivity contribution is 6.13. The van der Waals surface area contributed by atoms with Crippen molar-refractivity contribution in [3.8, 4) is 61.3 Å². The molecule has 0 aliphatic rings. The van der Waals surface area contributed by atoms with Crippen LogP contribution in [0.5, 0.6) is 0 Å². The lowest BCUT2D eigenvalue weighted by atomic mass is 9.93. The summed E-state index contributed by atoms with van der Waals surface area (Å²) in [5, 5.41) is 4.79. The van der Waals surface area contributed by atoms with Crippen LogP contribution in [0.25, 0.3) is 105 Å². The monoisotopic (exact) mass is 713 g/mol.